The van der Waals surface area contributed by atoms with Gasteiger partial charge in [0.15, 0.2) is 12.1 Å². The third-order valence-corrected chi connectivity index (χ3v) is 15.8. The number of nitrogens with zero attached hydrogens (tertiary/aromatic N) is 5. The van der Waals surface area contributed by atoms with E-state index in [0.717, 1.165) is 10.5 Å². The molecule has 2 heterocycles. The summed E-state index contributed by atoms with van der Waals surface area (Å²) in [6, 6.07) is 8.11. The first kappa shape index (κ1) is 65.2. The third kappa shape index (κ3) is 16.4. The van der Waals surface area contributed by atoms with Crippen molar-refractivity contribution in [2.45, 2.75) is 188 Å². The number of carbonyl (C=O) groups is 9. The van der Waals surface area contributed by atoms with Crippen LogP contribution in [-0.2, 0) is 60.7 Å². The number of hydrogen-bond acceptors (Lipinski definition) is 11. The average Bonchev–Trinajstić information content (AvgIpc) is 3.93. The Morgan fingerprint density at radius 3 is 1.54 bits per heavy atom. The number of hydrogen-bond donors (Lipinski definition) is 4. The molecule has 0 radical (unpaired) electrons. The van der Waals surface area contributed by atoms with Gasteiger partial charge in [0.25, 0.3) is 5.91 Å². The first-order valence-corrected chi connectivity index (χ1v) is 28.3. The number of amides is 8. The van der Waals surface area contributed by atoms with Crippen LogP contribution in [0.25, 0.3) is 0 Å². The zero-order valence-corrected chi connectivity index (χ0v) is 49.8. The summed E-state index contributed by atoms with van der Waals surface area (Å²) in [4.78, 5) is 140. The van der Waals surface area contributed by atoms with Crippen LogP contribution in [-0.4, -0.2) is 178 Å². The molecular formula is C60H92N8O11. The van der Waals surface area contributed by atoms with Crippen LogP contribution in [0.2, 0.25) is 0 Å². The van der Waals surface area contributed by atoms with Crippen LogP contribution in [0, 0.1) is 29.6 Å². The summed E-state index contributed by atoms with van der Waals surface area (Å²) in [6.45, 7) is 20.6. The van der Waals surface area contributed by atoms with Crippen LogP contribution in [0.4, 0.5) is 0 Å². The zero-order chi connectivity index (χ0) is 59.4. The Morgan fingerprint density at radius 1 is 0.582 bits per heavy atom. The molecular weight excluding hydrogens is 1010 g/mol. The number of aliphatic hydroxyl groups is 1. The molecule has 2 aromatic rings. The highest BCUT2D eigenvalue weighted by Gasteiger charge is 2.48. The van der Waals surface area contributed by atoms with Crippen molar-refractivity contribution in [2.75, 3.05) is 34.7 Å². The fourth-order valence-corrected chi connectivity index (χ4v) is 11.0. The maximum atomic E-state index is 15.3. The van der Waals surface area contributed by atoms with Crippen molar-refractivity contribution >= 4 is 53.2 Å². The van der Waals surface area contributed by atoms with E-state index in [4.69, 9.17) is 4.74 Å². The Balaban J connectivity index is 1.98. The van der Waals surface area contributed by atoms with Crippen molar-refractivity contribution in [3.8, 4) is 0 Å². The van der Waals surface area contributed by atoms with Crippen molar-refractivity contribution in [2.24, 2.45) is 29.6 Å². The lowest BCUT2D eigenvalue weighted by molar-refractivity contribution is -0.177. The van der Waals surface area contributed by atoms with E-state index in [-0.39, 0.29) is 38.1 Å². The second kappa shape index (κ2) is 28.7. The van der Waals surface area contributed by atoms with Crippen LogP contribution < -0.4 is 16.0 Å². The highest BCUT2D eigenvalue weighted by atomic mass is 16.6. The molecule has 8 amide bonds. The number of carbonyl (C=O) groups excluding carboxylic acids is 9. The van der Waals surface area contributed by atoms with E-state index in [9.17, 15) is 38.7 Å². The zero-order valence-electron chi connectivity index (χ0n) is 49.8. The Bertz CT molecular complexity index is 2430. The normalized spacial score (nSPS) is 26.5. The lowest BCUT2D eigenvalue weighted by Crippen LogP contribution is -2.63. The van der Waals surface area contributed by atoms with Crippen molar-refractivity contribution in [3.05, 3.63) is 71.8 Å². The molecule has 4 rings (SSSR count). The predicted octanol–water partition coefficient (Wildman–Crippen LogP) is 4.37. The lowest BCUT2D eigenvalue weighted by atomic mass is 9.93. The van der Waals surface area contributed by atoms with Crippen LogP contribution in [0.1, 0.15) is 126 Å². The Hall–Kier alpha value is -6.37. The molecule has 438 valence electrons. The summed E-state index contributed by atoms with van der Waals surface area (Å²) in [5, 5.41) is 20.5. The number of ether oxygens (including phenoxy) is 1. The predicted molar refractivity (Wildman–Crippen MR) is 301 cm³/mol. The van der Waals surface area contributed by atoms with E-state index in [1.807, 2.05) is 57.2 Å². The molecule has 2 saturated heterocycles. The molecule has 4 N–H and O–H groups in total. The molecule has 2 aliphatic heterocycles. The molecule has 0 spiro atoms. The highest BCUT2D eigenvalue weighted by molar-refractivity contribution is 5.99. The van der Waals surface area contributed by atoms with Gasteiger partial charge in [-0.05, 0) is 74.3 Å². The van der Waals surface area contributed by atoms with Gasteiger partial charge in [0, 0.05) is 53.5 Å². The monoisotopic (exact) mass is 1100 g/mol. The summed E-state index contributed by atoms with van der Waals surface area (Å²) < 4.78 is 6.09. The van der Waals surface area contributed by atoms with Crippen LogP contribution in [0.15, 0.2) is 60.7 Å². The molecule has 0 bridgehead atoms. The van der Waals surface area contributed by atoms with Gasteiger partial charge in [-0.2, -0.15) is 0 Å². The van der Waals surface area contributed by atoms with Gasteiger partial charge in [-0.1, -0.05) is 136 Å². The molecule has 79 heavy (non-hydrogen) atoms. The van der Waals surface area contributed by atoms with Gasteiger partial charge in [-0.3, -0.25) is 38.4 Å². The minimum atomic E-state index is -1.97. The second-order valence-electron chi connectivity index (χ2n) is 23.7. The molecule has 2 fully saturated rings. The van der Waals surface area contributed by atoms with Gasteiger partial charge in [0.1, 0.15) is 42.3 Å². The van der Waals surface area contributed by atoms with E-state index >= 15 is 9.59 Å². The first-order valence-electron chi connectivity index (χ1n) is 28.3. The topological polar surface area (TPSA) is 235 Å². The second-order valence-corrected chi connectivity index (χ2v) is 23.7. The summed E-state index contributed by atoms with van der Waals surface area (Å²) in [5.74, 6) is -8.65. The van der Waals surface area contributed by atoms with Gasteiger partial charge in [0.2, 0.25) is 41.4 Å². The van der Waals surface area contributed by atoms with Crippen molar-refractivity contribution in [3.63, 3.8) is 0 Å². The number of fused-ring (bicyclic) bond motifs is 1. The molecule has 2 aromatic carbocycles. The Morgan fingerprint density at radius 2 is 1.06 bits per heavy atom. The standard InChI is InChI=1S/C60H92N8O11/c1-17-38(9)46-57(75)65(14)47(36(5)6)52(70)61-42(32-35(3)4)55(73)67(16)50(60(11,12)78)59(77)79-49(39(10)18-2)58(76)66(15)48(37(7)8)53(71)62-43(33-40-26-21-19-22-27-40)54(72)64(13)45(34-41-28-23-20-24-29-41)56(74)68-31-25-30-44(68)51(69)63-46/h19-24,26-29,35-39,42-50,78H,17-18,25,30-34H2,1-16H3,(H,61,70)(H,62,71)(H,63,69)/t38-,39+,42-,43-,44-,45-,46-,47-,48-,49+,50-/m0/s1. The van der Waals surface area contributed by atoms with Crippen LogP contribution in [0.3, 0.4) is 0 Å². The molecule has 19 heteroatoms. The van der Waals surface area contributed by atoms with E-state index in [1.54, 1.807) is 72.7 Å². The maximum Gasteiger partial charge on any atom is 0.332 e. The summed E-state index contributed by atoms with van der Waals surface area (Å²) >= 11 is 0. The Labute approximate surface area is 469 Å². The minimum Gasteiger partial charge on any atom is -0.450 e. The summed E-state index contributed by atoms with van der Waals surface area (Å²) in [6.07, 6.45) is 0.101. The van der Waals surface area contributed by atoms with Gasteiger partial charge in [0.05, 0.1) is 5.60 Å². The van der Waals surface area contributed by atoms with Crippen LogP contribution >= 0.6 is 0 Å². The fourth-order valence-electron chi connectivity index (χ4n) is 11.0. The Kier molecular flexibility index (Phi) is 23.6. The molecule has 0 saturated carbocycles. The minimum absolute atomic E-state index is 0.00676. The maximum absolute atomic E-state index is 15.3. The van der Waals surface area contributed by atoms with Gasteiger partial charge in [-0.25, -0.2) is 4.79 Å². The smallest absolute Gasteiger partial charge is 0.332 e. The molecule has 11 atom stereocenters. The lowest BCUT2D eigenvalue weighted by Gasteiger charge is -2.39. The number of cyclic esters (lactones) is 1. The van der Waals surface area contributed by atoms with Gasteiger partial charge < -0.3 is 50.3 Å². The third-order valence-electron chi connectivity index (χ3n) is 15.8. The van der Waals surface area contributed by atoms with Crippen molar-refractivity contribution in [1.29, 1.82) is 0 Å². The largest absolute Gasteiger partial charge is 0.450 e. The van der Waals surface area contributed by atoms with Gasteiger partial charge >= 0.3 is 5.97 Å². The number of nitrogens with one attached hydrogen (secondary N) is 3. The van der Waals surface area contributed by atoms with E-state index in [2.05, 4.69) is 16.0 Å². The molecule has 0 aliphatic carbocycles. The van der Waals surface area contributed by atoms with Crippen LogP contribution in [0.5, 0.6) is 0 Å². The molecule has 0 unspecified atom stereocenters. The quantitative estimate of drug-likeness (QED) is 0.206. The average molecular weight is 1100 g/mol. The van der Waals surface area contributed by atoms with E-state index < -0.39 is 137 Å². The molecule has 0 aromatic heterocycles. The van der Waals surface area contributed by atoms with Crippen molar-refractivity contribution in [1.82, 2.24) is 40.4 Å². The van der Waals surface area contributed by atoms with Gasteiger partial charge in [-0.15, -0.1) is 0 Å². The molecule has 19 nitrogen and oxygen atoms in total. The number of esters is 1. The SMILES string of the molecule is CC[C@@H](C)[C@H]1OC(=O)[C@@H](C(C)(C)O)N(C)C(=O)[C@H](CC(C)C)NC(=O)[C@H](C(C)C)N(C)C(=O)[C@H]([C@@H](C)CC)NC(=O)[C@@H]2CCCN2C(=O)[C@H](Cc2ccccc2)N(C)C(=O)[C@H](Cc2ccccc2)NC(=O)[C@H](C(C)C)N(C)C1=O. The number of likely N-dealkylation sites (N-methyl/N-ethyl adjacent to an activating group) is 4. The van der Waals surface area contributed by atoms with E-state index in [0.29, 0.717) is 24.8 Å². The van der Waals surface area contributed by atoms with Crippen molar-refractivity contribution < 1.29 is 53.0 Å². The summed E-state index contributed by atoms with van der Waals surface area (Å²) in [7, 11) is 5.67. The highest BCUT2D eigenvalue weighted by Crippen LogP contribution is 2.27. The van der Waals surface area contributed by atoms with E-state index in [1.165, 1.54) is 61.6 Å². The summed E-state index contributed by atoms with van der Waals surface area (Å²) in [5.41, 5.74) is -0.551. The first-order chi connectivity index (χ1) is 37.0. The number of rotatable bonds is 13. The number of benzene rings is 2. The fraction of sp³-hybridized carbons (Fsp3) is 0.650. The molecule has 2 aliphatic rings.